The quantitative estimate of drug-likeness (QED) is 0.693. The van der Waals surface area contributed by atoms with Gasteiger partial charge in [0.1, 0.15) is 11.9 Å². The molecule has 0 atom stereocenters. The van der Waals surface area contributed by atoms with E-state index in [1.54, 1.807) is 24.3 Å². The van der Waals surface area contributed by atoms with E-state index in [4.69, 9.17) is 23.5 Å². The third kappa shape index (κ3) is 2.13. The summed E-state index contributed by atoms with van der Waals surface area (Å²) in [4.78, 5) is 10.8. The number of carbonyl (C=O) groups is 1. The van der Waals surface area contributed by atoms with E-state index >= 15 is 0 Å². The Hall–Kier alpha value is -0.730. The first kappa shape index (κ1) is 9.36. The molecule has 1 aromatic carbocycles. The minimum absolute atomic E-state index is 0.416. The maximum Gasteiger partial charge on any atom is 0.356 e. The largest absolute Gasteiger partial charge is 0.356 e. The lowest BCUT2D eigenvalue weighted by Gasteiger charge is -1.97. The van der Waals surface area contributed by atoms with Crippen molar-refractivity contribution in [1.82, 2.24) is 0 Å². The number of halogens is 2. The number of rotatable bonds is 2. The number of carbonyl (C=O) groups excluding carboxylic acids is 1. The highest BCUT2D eigenvalue weighted by Gasteiger charge is 2.04. The molecule has 0 unspecified atom stereocenters. The second-order valence-electron chi connectivity index (χ2n) is 2.20. The van der Waals surface area contributed by atoms with Crippen LogP contribution in [0.25, 0.3) is 0 Å². The molecule has 0 aliphatic heterocycles. The van der Waals surface area contributed by atoms with Gasteiger partial charge in [0, 0.05) is 5.88 Å². The summed E-state index contributed by atoms with van der Waals surface area (Å²) in [7, 11) is 0. The van der Waals surface area contributed by atoms with Crippen LogP contribution in [0.4, 0.5) is 0 Å². The van der Waals surface area contributed by atoms with Crippen molar-refractivity contribution in [1.29, 1.82) is 0 Å². The smallest absolute Gasteiger partial charge is 0.343 e. The summed E-state index contributed by atoms with van der Waals surface area (Å²) >= 11 is 10.4. The molecular weight excluding hydrogens is 199 g/mol. The molecule has 4 heteroatoms. The predicted octanol–water partition coefficient (Wildman–Crippen LogP) is 2.74. The maximum atomic E-state index is 10.8. The highest BCUT2D eigenvalue weighted by atomic mass is 35.5. The van der Waals surface area contributed by atoms with Crippen LogP contribution in [0.15, 0.2) is 24.3 Å². The van der Waals surface area contributed by atoms with Gasteiger partial charge in [-0.2, -0.15) is 0 Å². The minimum atomic E-state index is -0.558. The average molecular weight is 205 g/mol. The summed E-state index contributed by atoms with van der Waals surface area (Å²) in [5.74, 6) is -0.131. The lowest BCUT2D eigenvalue weighted by molar-refractivity contribution is 0.0751. The molecule has 1 rings (SSSR count). The fourth-order valence-corrected chi connectivity index (χ4v) is 1.04. The van der Waals surface area contributed by atoms with E-state index in [-0.39, 0.29) is 0 Å². The summed E-state index contributed by atoms with van der Waals surface area (Å²) in [6, 6.07) is 6.72. The van der Waals surface area contributed by atoms with E-state index in [9.17, 15) is 4.79 Å². The second-order valence-corrected chi connectivity index (χ2v) is 2.62. The van der Waals surface area contributed by atoms with E-state index in [2.05, 4.69) is 4.29 Å². The molecule has 0 aliphatic carbocycles. The van der Waals surface area contributed by atoms with Crippen LogP contribution in [0.5, 0.6) is 0 Å². The number of hydrogen-bond acceptors (Lipinski definition) is 2. The van der Waals surface area contributed by atoms with E-state index in [1.807, 2.05) is 0 Å². The van der Waals surface area contributed by atoms with E-state index < -0.39 is 5.97 Å². The Morgan fingerprint density at radius 3 is 2.33 bits per heavy atom. The molecule has 0 bridgehead atoms. The fourth-order valence-electron chi connectivity index (χ4n) is 0.774. The molecule has 0 heterocycles. The summed E-state index contributed by atoms with van der Waals surface area (Å²) < 4.78 is 4.01. The zero-order valence-corrected chi connectivity index (χ0v) is 7.60. The number of alkyl halides is 1. The Morgan fingerprint density at radius 2 is 1.92 bits per heavy atom. The second kappa shape index (κ2) is 4.33. The highest BCUT2D eigenvalue weighted by Crippen LogP contribution is 2.08. The number of hydrogen-bond donors (Lipinski definition) is 0. The van der Waals surface area contributed by atoms with Gasteiger partial charge in [-0.25, -0.2) is 4.79 Å². The first-order chi connectivity index (χ1) is 5.77. The topological polar surface area (TPSA) is 26.3 Å². The fraction of sp³-hybridized carbons (Fsp3) is 0.125. The standard InChI is InChI=1S/C8H6Cl2O2/c9-5-6-1-3-7(4-2-6)8(11)12-10/h1-4H,5H2. The van der Waals surface area contributed by atoms with Gasteiger partial charge in [-0.15, -0.1) is 11.6 Å². The van der Waals surface area contributed by atoms with Crippen molar-refractivity contribution < 1.29 is 9.08 Å². The van der Waals surface area contributed by atoms with Gasteiger partial charge >= 0.3 is 5.97 Å². The van der Waals surface area contributed by atoms with Crippen molar-refractivity contribution in [2.45, 2.75) is 5.88 Å². The normalized spacial score (nSPS) is 9.50. The van der Waals surface area contributed by atoms with Crippen molar-refractivity contribution in [3.8, 4) is 0 Å². The third-order valence-electron chi connectivity index (χ3n) is 1.41. The van der Waals surface area contributed by atoms with Gasteiger partial charge in [-0.1, -0.05) is 12.1 Å². The molecule has 1 aromatic rings. The summed E-state index contributed by atoms with van der Waals surface area (Å²) in [5.41, 5.74) is 1.36. The molecule has 0 aliphatic rings. The first-order valence-electron chi connectivity index (χ1n) is 3.25. The zero-order valence-electron chi connectivity index (χ0n) is 6.09. The summed E-state index contributed by atoms with van der Waals surface area (Å²) in [6.45, 7) is 0. The summed E-state index contributed by atoms with van der Waals surface area (Å²) in [5, 5.41) is 0. The molecular formula is C8H6Cl2O2. The highest BCUT2D eigenvalue weighted by molar-refractivity contribution is 6.17. The van der Waals surface area contributed by atoms with Crippen LogP contribution in [0, 0.1) is 0 Å². The van der Waals surface area contributed by atoms with Gasteiger partial charge < -0.3 is 4.29 Å². The van der Waals surface area contributed by atoms with Crippen LogP contribution in [0.3, 0.4) is 0 Å². The molecule has 0 saturated carbocycles. The molecule has 64 valence electrons. The summed E-state index contributed by atoms with van der Waals surface area (Å²) in [6.07, 6.45) is 0. The van der Waals surface area contributed by atoms with Crippen molar-refractivity contribution in [3.63, 3.8) is 0 Å². The Balaban J connectivity index is 2.84. The van der Waals surface area contributed by atoms with E-state index in [0.717, 1.165) is 5.56 Å². The van der Waals surface area contributed by atoms with Crippen LogP contribution < -0.4 is 0 Å². The molecule has 0 amide bonds. The van der Waals surface area contributed by atoms with E-state index in [0.29, 0.717) is 11.4 Å². The molecule has 12 heavy (non-hydrogen) atoms. The van der Waals surface area contributed by atoms with Crippen molar-refractivity contribution in [3.05, 3.63) is 35.4 Å². The Labute approximate surface area is 80.2 Å². The average Bonchev–Trinajstić information content (AvgIpc) is 2.17. The van der Waals surface area contributed by atoms with Crippen LogP contribution in [0.1, 0.15) is 15.9 Å². The molecule has 0 N–H and O–H groups in total. The Kier molecular flexibility index (Phi) is 3.38. The van der Waals surface area contributed by atoms with Gasteiger partial charge in [0.2, 0.25) is 0 Å². The van der Waals surface area contributed by atoms with Crippen molar-refractivity contribution >= 4 is 29.4 Å². The Morgan fingerprint density at radius 1 is 1.33 bits per heavy atom. The zero-order chi connectivity index (χ0) is 8.97. The third-order valence-corrected chi connectivity index (χ3v) is 1.86. The van der Waals surface area contributed by atoms with Gasteiger partial charge in [0.15, 0.2) is 0 Å². The first-order valence-corrected chi connectivity index (χ1v) is 4.10. The maximum absolute atomic E-state index is 10.8. The predicted molar refractivity (Wildman–Crippen MR) is 47.3 cm³/mol. The van der Waals surface area contributed by atoms with Crippen molar-refractivity contribution in [2.75, 3.05) is 0 Å². The van der Waals surface area contributed by atoms with Gasteiger partial charge in [-0.3, -0.25) is 0 Å². The van der Waals surface area contributed by atoms with E-state index in [1.165, 1.54) is 0 Å². The van der Waals surface area contributed by atoms with Crippen LogP contribution >= 0.6 is 23.5 Å². The monoisotopic (exact) mass is 204 g/mol. The van der Waals surface area contributed by atoms with Gasteiger partial charge in [0.05, 0.1) is 5.56 Å². The van der Waals surface area contributed by atoms with Gasteiger partial charge in [-0.05, 0) is 17.7 Å². The molecule has 0 saturated heterocycles. The SMILES string of the molecule is O=C(OCl)c1ccc(CCl)cc1. The number of benzene rings is 1. The Bertz CT molecular complexity index is 269. The van der Waals surface area contributed by atoms with Crippen LogP contribution in [0.2, 0.25) is 0 Å². The lowest BCUT2D eigenvalue weighted by atomic mass is 10.1. The molecule has 0 radical (unpaired) electrons. The lowest BCUT2D eigenvalue weighted by Crippen LogP contribution is -1.97. The molecule has 0 spiro atoms. The van der Waals surface area contributed by atoms with Crippen LogP contribution in [-0.4, -0.2) is 5.97 Å². The molecule has 2 nitrogen and oxygen atoms in total. The molecule has 0 fully saturated rings. The minimum Gasteiger partial charge on any atom is -0.343 e. The van der Waals surface area contributed by atoms with Crippen molar-refractivity contribution in [2.24, 2.45) is 0 Å². The molecule has 0 aromatic heterocycles. The van der Waals surface area contributed by atoms with Crippen LogP contribution in [-0.2, 0) is 10.2 Å². The van der Waals surface area contributed by atoms with Gasteiger partial charge in [0.25, 0.3) is 0 Å².